The number of nitrogens with zero attached hydrogens (tertiary/aromatic N) is 2. The summed E-state index contributed by atoms with van der Waals surface area (Å²) in [5.74, 6) is 0.409. The molecule has 0 aromatic heterocycles. The van der Waals surface area contributed by atoms with Gasteiger partial charge in [-0.15, -0.1) is 0 Å². The van der Waals surface area contributed by atoms with Crippen molar-refractivity contribution in [2.75, 3.05) is 45.1 Å². The second-order valence-corrected chi connectivity index (χ2v) is 11.3. The molecular weight excluding hydrogens is 400 g/mol. The lowest BCUT2D eigenvalue weighted by molar-refractivity contribution is 0.0762. The van der Waals surface area contributed by atoms with Gasteiger partial charge in [-0.3, -0.25) is 4.79 Å². The molecule has 0 aliphatic carbocycles. The van der Waals surface area contributed by atoms with Gasteiger partial charge in [-0.2, -0.15) is 0 Å². The number of benzene rings is 1. The summed E-state index contributed by atoms with van der Waals surface area (Å²) in [6.07, 6.45) is 1.87. The summed E-state index contributed by atoms with van der Waals surface area (Å²) in [7, 11) is -1.70. The van der Waals surface area contributed by atoms with Crippen LogP contribution in [0.1, 0.15) is 57.8 Å². The molecular formula is C22H38N4O3S. The SMILES string of the molecule is CC(C)CCNc1cc(C(=O)N2CCCN(C)CC2)cc(S(=O)(=O)NC(C)(C)C)c1. The van der Waals surface area contributed by atoms with Gasteiger partial charge in [-0.05, 0) is 71.3 Å². The van der Waals surface area contributed by atoms with Crippen LogP contribution in [-0.4, -0.2) is 69.4 Å². The Kier molecular flexibility index (Phi) is 8.30. The Hall–Kier alpha value is -1.64. The molecule has 0 bridgehead atoms. The maximum atomic E-state index is 13.2. The standard InChI is InChI=1S/C22H38N4O3S/c1-17(2)8-9-23-19-14-18(21(27)26-11-7-10-25(6)12-13-26)15-20(16-19)30(28,29)24-22(3,4)5/h14-17,23-24H,7-13H2,1-6H3. The minimum Gasteiger partial charge on any atom is -0.385 e. The van der Waals surface area contributed by atoms with Crippen LogP contribution < -0.4 is 10.0 Å². The highest BCUT2D eigenvalue weighted by Gasteiger charge is 2.25. The third-order valence-electron chi connectivity index (χ3n) is 4.96. The second kappa shape index (κ2) is 10.1. The molecule has 1 aliphatic rings. The third kappa shape index (κ3) is 7.56. The summed E-state index contributed by atoms with van der Waals surface area (Å²) in [4.78, 5) is 17.4. The Bertz CT molecular complexity index is 831. The first kappa shape index (κ1) is 24.6. The van der Waals surface area contributed by atoms with E-state index in [4.69, 9.17) is 0 Å². The summed E-state index contributed by atoms with van der Waals surface area (Å²) in [6, 6.07) is 4.88. The number of rotatable bonds is 7. The maximum absolute atomic E-state index is 13.2. The van der Waals surface area contributed by atoms with Crippen molar-refractivity contribution < 1.29 is 13.2 Å². The van der Waals surface area contributed by atoms with Crippen LogP contribution in [0, 0.1) is 5.92 Å². The second-order valence-electron chi connectivity index (χ2n) is 9.66. The molecule has 170 valence electrons. The van der Waals surface area contributed by atoms with Crippen molar-refractivity contribution in [1.29, 1.82) is 0 Å². The summed E-state index contributed by atoms with van der Waals surface area (Å²) in [5.41, 5.74) is 0.450. The van der Waals surface area contributed by atoms with E-state index >= 15 is 0 Å². The Morgan fingerprint density at radius 1 is 1.10 bits per heavy atom. The van der Waals surface area contributed by atoms with E-state index in [-0.39, 0.29) is 10.8 Å². The molecule has 30 heavy (non-hydrogen) atoms. The van der Waals surface area contributed by atoms with Gasteiger partial charge in [0.1, 0.15) is 0 Å². The van der Waals surface area contributed by atoms with Gasteiger partial charge in [0.25, 0.3) is 5.91 Å². The highest BCUT2D eigenvalue weighted by Crippen LogP contribution is 2.22. The first-order valence-corrected chi connectivity index (χ1v) is 12.3. The molecule has 2 rings (SSSR count). The molecule has 1 aliphatic heterocycles. The number of nitrogens with one attached hydrogen (secondary N) is 2. The third-order valence-corrected chi connectivity index (χ3v) is 6.70. The van der Waals surface area contributed by atoms with E-state index in [1.165, 1.54) is 6.07 Å². The van der Waals surface area contributed by atoms with Crippen molar-refractivity contribution in [3.8, 4) is 0 Å². The van der Waals surface area contributed by atoms with E-state index in [0.29, 0.717) is 30.3 Å². The number of anilines is 1. The van der Waals surface area contributed by atoms with E-state index < -0.39 is 15.6 Å². The molecule has 0 saturated carbocycles. The fraction of sp³-hybridized carbons (Fsp3) is 0.682. The Balaban J connectivity index is 2.36. The maximum Gasteiger partial charge on any atom is 0.254 e. The normalized spacial score (nSPS) is 16.6. The molecule has 0 unspecified atom stereocenters. The van der Waals surface area contributed by atoms with E-state index in [2.05, 4.69) is 35.8 Å². The lowest BCUT2D eigenvalue weighted by Crippen LogP contribution is -2.40. The number of likely N-dealkylation sites (N-methyl/N-ethyl adjacent to an activating group) is 1. The van der Waals surface area contributed by atoms with Gasteiger partial charge in [0.2, 0.25) is 10.0 Å². The molecule has 1 amide bonds. The van der Waals surface area contributed by atoms with Crippen molar-refractivity contribution in [3.63, 3.8) is 0 Å². The van der Waals surface area contributed by atoms with Crippen LogP contribution in [0.2, 0.25) is 0 Å². The molecule has 1 fully saturated rings. The average molecular weight is 439 g/mol. The zero-order chi connectivity index (χ0) is 22.5. The number of hydrogen-bond donors (Lipinski definition) is 2. The fourth-order valence-electron chi connectivity index (χ4n) is 3.38. The number of sulfonamides is 1. The number of carbonyl (C=O) groups is 1. The quantitative estimate of drug-likeness (QED) is 0.684. The summed E-state index contributed by atoms with van der Waals surface area (Å²) >= 11 is 0. The van der Waals surface area contributed by atoms with E-state index in [1.54, 1.807) is 32.9 Å². The van der Waals surface area contributed by atoms with Crippen molar-refractivity contribution in [2.45, 2.75) is 57.9 Å². The van der Waals surface area contributed by atoms with Gasteiger partial charge in [0.15, 0.2) is 0 Å². The summed E-state index contributed by atoms with van der Waals surface area (Å²) in [6.45, 7) is 13.5. The van der Waals surface area contributed by atoms with Gasteiger partial charge in [0, 0.05) is 43.0 Å². The van der Waals surface area contributed by atoms with Gasteiger partial charge in [-0.25, -0.2) is 13.1 Å². The average Bonchev–Trinajstić information content (AvgIpc) is 2.83. The lowest BCUT2D eigenvalue weighted by atomic mass is 10.1. The molecule has 0 radical (unpaired) electrons. The zero-order valence-electron chi connectivity index (χ0n) is 19.3. The zero-order valence-corrected chi connectivity index (χ0v) is 20.1. The topological polar surface area (TPSA) is 81.8 Å². The highest BCUT2D eigenvalue weighted by molar-refractivity contribution is 7.89. The molecule has 0 spiro atoms. The van der Waals surface area contributed by atoms with Crippen LogP contribution in [0.5, 0.6) is 0 Å². The first-order chi connectivity index (χ1) is 13.9. The Labute approximate surface area is 182 Å². The van der Waals surface area contributed by atoms with Crippen molar-refractivity contribution >= 4 is 21.6 Å². The van der Waals surface area contributed by atoms with Crippen LogP contribution in [0.3, 0.4) is 0 Å². The van der Waals surface area contributed by atoms with Gasteiger partial charge < -0.3 is 15.1 Å². The predicted molar refractivity (Wildman–Crippen MR) is 122 cm³/mol. The van der Waals surface area contributed by atoms with E-state index in [9.17, 15) is 13.2 Å². The smallest absolute Gasteiger partial charge is 0.254 e. The van der Waals surface area contributed by atoms with E-state index in [1.807, 2.05) is 4.90 Å². The largest absolute Gasteiger partial charge is 0.385 e. The molecule has 2 N–H and O–H groups in total. The summed E-state index contributed by atoms with van der Waals surface area (Å²) in [5, 5.41) is 3.30. The molecule has 1 heterocycles. The Morgan fingerprint density at radius 3 is 2.43 bits per heavy atom. The van der Waals surface area contributed by atoms with E-state index in [0.717, 1.165) is 32.5 Å². The highest BCUT2D eigenvalue weighted by atomic mass is 32.2. The van der Waals surface area contributed by atoms with Gasteiger partial charge in [0.05, 0.1) is 4.90 Å². The summed E-state index contributed by atoms with van der Waals surface area (Å²) < 4.78 is 28.6. The lowest BCUT2D eigenvalue weighted by Gasteiger charge is -2.23. The first-order valence-electron chi connectivity index (χ1n) is 10.8. The molecule has 1 saturated heterocycles. The number of amides is 1. The van der Waals surface area contributed by atoms with Gasteiger partial charge in [-0.1, -0.05) is 13.8 Å². The molecule has 1 aromatic carbocycles. The van der Waals surface area contributed by atoms with Crippen molar-refractivity contribution in [3.05, 3.63) is 23.8 Å². The van der Waals surface area contributed by atoms with Crippen LogP contribution in [0.15, 0.2) is 23.1 Å². The Morgan fingerprint density at radius 2 is 1.80 bits per heavy atom. The van der Waals surface area contributed by atoms with Crippen LogP contribution in [0.4, 0.5) is 5.69 Å². The van der Waals surface area contributed by atoms with Crippen molar-refractivity contribution in [1.82, 2.24) is 14.5 Å². The van der Waals surface area contributed by atoms with Crippen LogP contribution in [0.25, 0.3) is 0 Å². The number of hydrogen-bond acceptors (Lipinski definition) is 5. The fourth-order valence-corrected chi connectivity index (χ4v) is 4.87. The molecule has 0 atom stereocenters. The van der Waals surface area contributed by atoms with Crippen LogP contribution >= 0.6 is 0 Å². The monoisotopic (exact) mass is 438 g/mol. The molecule has 1 aromatic rings. The number of carbonyl (C=O) groups excluding carboxylic acids is 1. The minimum absolute atomic E-state index is 0.113. The molecule has 8 heteroatoms. The van der Waals surface area contributed by atoms with Crippen molar-refractivity contribution in [2.24, 2.45) is 5.92 Å². The predicted octanol–water partition coefficient (Wildman–Crippen LogP) is 3.00. The minimum atomic E-state index is -3.75. The van der Waals surface area contributed by atoms with Gasteiger partial charge >= 0.3 is 0 Å². The molecule has 7 nitrogen and oxygen atoms in total. The van der Waals surface area contributed by atoms with Crippen LogP contribution in [-0.2, 0) is 10.0 Å².